The molecule has 2 aromatic rings. The Bertz CT molecular complexity index is 379. The van der Waals surface area contributed by atoms with E-state index in [-0.39, 0.29) is 0 Å². The summed E-state index contributed by atoms with van der Waals surface area (Å²) in [5.41, 5.74) is 3.31. The predicted octanol–water partition coefficient (Wildman–Crippen LogP) is 2.46. The lowest BCUT2D eigenvalue weighted by atomic mass is 10.2. The summed E-state index contributed by atoms with van der Waals surface area (Å²) in [6.45, 7) is 2.07. The lowest BCUT2D eigenvalue weighted by Gasteiger charge is -2.03. The normalized spacial score (nSPS) is 9.92. The van der Waals surface area contributed by atoms with E-state index in [1.54, 1.807) is 6.20 Å². The molecule has 0 bridgehead atoms. The van der Waals surface area contributed by atoms with Gasteiger partial charge in [-0.15, -0.1) is 0 Å². The molecule has 13 heavy (non-hydrogen) atoms. The fourth-order valence-corrected chi connectivity index (χ4v) is 1.21. The minimum absolute atomic E-state index is 0.977. The highest BCUT2D eigenvalue weighted by atomic mass is 15.1. The SMILES string of the molecule is Cc1cccc(Nc2cn[nH]c2)c1. The molecule has 0 atom stereocenters. The first-order chi connectivity index (χ1) is 6.34. The van der Waals surface area contributed by atoms with E-state index in [0.717, 1.165) is 11.4 Å². The van der Waals surface area contributed by atoms with E-state index < -0.39 is 0 Å². The Hall–Kier alpha value is -1.77. The Labute approximate surface area is 76.8 Å². The molecule has 66 valence electrons. The molecule has 0 fully saturated rings. The summed E-state index contributed by atoms with van der Waals surface area (Å²) in [5, 5.41) is 9.84. The van der Waals surface area contributed by atoms with Gasteiger partial charge in [0.15, 0.2) is 0 Å². The van der Waals surface area contributed by atoms with Crippen LogP contribution in [-0.2, 0) is 0 Å². The third-order valence-electron chi connectivity index (χ3n) is 1.80. The van der Waals surface area contributed by atoms with E-state index in [4.69, 9.17) is 0 Å². The molecular weight excluding hydrogens is 162 g/mol. The van der Waals surface area contributed by atoms with Crippen molar-refractivity contribution in [1.29, 1.82) is 0 Å². The van der Waals surface area contributed by atoms with Crippen molar-refractivity contribution in [1.82, 2.24) is 10.2 Å². The van der Waals surface area contributed by atoms with Crippen molar-refractivity contribution in [2.24, 2.45) is 0 Å². The Morgan fingerprint density at radius 1 is 1.31 bits per heavy atom. The van der Waals surface area contributed by atoms with Crippen molar-refractivity contribution in [3.05, 3.63) is 42.2 Å². The number of aryl methyl sites for hydroxylation is 1. The van der Waals surface area contributed by atoms with Crippen molar-refractivity contribution in [2.75, 3.05) is 5.32 Å². The van der Waals surface area contributed by atoms with Crippen LogP contribution in [0.3, 0.4) is 0 Å². The van der Waals surface area contributed by atoms with Gasteiger partial charge in [-0.25, -0.2) is 0 Å². The Kier molecular flexibility index (Phi) is 2.00. The average molecular weight is 173 g/mol. The first kappa shape index (κ1) is 7.86. The molecular formula is C10H11N3. The number of aromatic amines is 1. The highest BCUT2D eigenvalue weighted by Gasteiger charge is 1.94. The van der Waals surface area contributed by atoms with Gasteiger partial charge in [-0.05, 0) is 24.6 Å². The number of benzene rings is 1. The monoisotopic (exact) mass is 173 g/mol. The van der Waals surface area contributed by atoms with Gasteiger partial charge in [-0.1, -0.05) is 12.1 Å². The first-order valence-electron chi connectivity index (χ1n) is 4.17. The second kappa shape index (κ2) is 3.31. The van der Waals surface area contributed by atoms with Crippen LogP contribution in [0.4, 0.5) is 11.4 Å². The summed E-state index contributed by atoms with van der Waals surface area (Å²) >= 11 is 0. The van der Waals surface area contributed by atoms with Crippen LogP contribution in [0.25, 0.3) is 0 Å². The molecule has 1 heterocycles. The van der Waals surface area contributed by atoms with Crippen molar-refractivity contribution in [2.45, 2.75) is 6.92 Å². The summed E-state index contributed by atoms with van der Waals surface area (Å²) in [7, 11) is 0. The molecule has 0 spiro atoms. The van der Waals surface area contributed by atoms with Gasteiger partial charge >= 0.3 is 0 Å². The van der Waals surface area contributed by atoms with E-state index in [0.29, 0.717) is 0 Å². The molecule has 1 aromatic heterocycles. The topological polar surface area (TPSA) is 40.7 Å². The number of aromatic nitrogens is 2. The van der Waals surface area contributed by atoms with Crippen molar-refractivity contribution < 1.29 is 0 Å². The molecule has 2 N–H and O–H groups in total. The van der Waals surface area contributed by atoms with Crippen LogP contribution in [0.15, 0.2) is 36.7 Å². The van der Waals surface area contributed by atoms with Crippen molar-refractivity contribution in [3.8, 4) is 0 Å². The maximum Gasteiger partial charge on any atom is 0.0767 e. The third-order valence-corrected chi connectivity index (χ3v) is 1.80. The van der Waals surface area contributed by atoms with Gasteiger partial charge in [-0.3, -0.25) is 5.10 Å². The quantitative estimate of drug-likeness (QED) is 0.732. The van der Waals surface area contributed by atoms with Crippen LogP contribution in [0, 0.1) is 6.92 Å². The highest BCUT2D eigenvalue weighted by Crippen LogP contribution is 2.15. The van der Waals surface area contributed by atoms with Gasteiger partial charge < -0.3 is 5.32 Å². The van der Waals surface area contributed by atoms with E-state index in [1.807, 2.05) is 18.3 Å². The van der Waals surface area contributed by atoms with Crippen LogP contribution in [0.5, 0.6) is 0 Å². The number of nitrogens with zero attached hydrogens (tertiary/aromatic N) is 1. The molecule has 0 amide bonds. The van der Waals surface area contributed by atoms with Crippen LogP contribution < -0.4 is 5.32 Å². The number of hydrogen-bond acceptors (Lipinski definition) is 2. The van der Waals surface area contributed by atoms with Crippen LogP contribution in [0.2, 0.25) is 0 Å². The highest BCUT2D eigenvalue weighted by molar-refractivity contribution is 5.58. The zero-order valence-corrected chi connectivity index (χ0v) is 7.41. The van der Waals surface area contributed by atoms with Gasteiger partial charge in [0.2, 0.25) is 0 Å². The summed E-state index contributed by atoms with van der Waals surface area (Å²) in [6.07, 6.45) is 3.57. The molecule has 0 unspecified atom stereocenters. The minimum Gasteiger partial charge on any atom is -0.353 e. The molecule has 0 saturated carbocycles. The maximum atomic E-state index is 3.85. The summed E-state index contributed by atoms with van der Waals surface area (Å²) in [5.74, 6) is 0. The standard InChI is InChI=1S/C10H11N3/c1-8-3-2-4-9(5-8)13-10-6-11-12-7-10/h2-7,13H,1H3,(H,11,12). The molecule has 0 aliphatic rings. The summed E-state index contributed by atoms with van der Waals surface area (Å²) in [4.78, 5) is 0. The van der Waals surface area contributed by atoms with E-state index in [9.17, 15) is 0 Å². The van der Waals surface area contributed by atoms with E-state index >= 15 is 0 Å². The van der Waals surface area contributed by atoms with Gasteiger partial charge in [0.05, 0.1) is 11.9 Å². The van der Waals surface area contributed by atoms with Gasteiger partial charge in [0.1, 0.15) is 0 Å². The van der Waals surface area contributed by atoms with Gasteiger partial charge in [0.25, 0.3) is 0 Å². The zero-order chi connectivity index (χ0) is 9.10. The second-order valence-corrected chi connectivity index (χ2v) is 2.98. The predicted molar refractivity (Wildman–Crippen MR) is 53.0 cm³/mol. The minimum atomic E-state index is 0.977. The zero-order valence-electron chi connectivity index (χ0n) is 7.41. The molecule has 0 saturated heterocycles. The average Bonchev–Trinajstić information content (AvgIpc) is 2.57. The molecule has 0 aliphatic carbocycles. The summed E-state index contributed by atoms with van der Waals surface area (Å²) < 4.78 is 0. The molecule has 3 nitrogen and oxygen atoms in total. The number of anilines is 2. The molecule has 0 radical (unpaired) electrons. The van der Waals surface area contributed by atoms with E-state index in [1.165, 1.54) is 5.56 Å². The molecule has 2 rings (SSSR count). The number of rotatable bonds is 2. The smallest absolute Gasteiger partial charge is 0.0767 e. The fraction of sp³-hybridized carbons (Fsp3) is 0.100. The molecule has 0 aliphatic heterocycles. The molecule has 1 aromatic carbocycles. The number of nitrogens with one attached hydrogen (secondary N) is 2. The van der Waals surface area contributed by atoms with Crippen LogP contribution in [0.1, 0.15) is 5.56 Å². The second-order valence-electron chi connectivity index (χ2n) is 2.98. The van der Waals surface area contributed by atoms with Crippen LogP contribution in [-0.4, -0.2) is 10.2 Å². The van der Waals surface area contributed by atoms with E-state index in [2.05, 4.69) is 34.6 Å². The lowest BCUT2D eigenvalue weighted by Crippen LogP contribution is -1.87. The number of hydrogen-bond donors (Lipinski definition) is 2. The largest absolute Gasteiger partial charge is 0.353 e. The number of H-pyrrole nitrogens is 1. The Morgan fingerprint density at radius 3 is 2.92 bits per heavy atom. The van der Waals surface area contributed by atoms with Crippen molar-refractivity contribution in [3.63, 3.8) is 0 Å². The fourth-order valence-electron chi connectivity index (χ4n) is 1.21. The Morgan fingerprint density at radius 2 is 2.23 bits per heavy atom. The third kappa shape index (κ3) is 1.87. The molecule has 3 heteroatoms. The first-order valence-corrected chi connectivity index (χ1v) is 4.17. The van der Waals surface area contributed by atoms with Crippen molar-refractivity contribution >= 4 is 11.4 Å². The van der Waals surface area contributed by atoms with Gasteiger partial charge in [0, 0.05) is 11.9 Å². The van der Waals surface area contributed by atoms with Gasteiger partial charge in [-0.2, -0.15) is 5.10 Å². The lowest BCUT2D eigenvalue weighted by molar-refractivity contribution is 1.09. The Balaban J connectivity index is 2.19. The summed E-state index contributed by atoms with van der Waals surface area (Å²) in [6, 6.07) is 8.21. The van der Waals surface area contributed by atoms with Crippen LogP contribution >= 0.6 is 0 Å². The maximum absolute atomic E-state index is 3.85.